The number of Topliss-reactive ketones (excluding diaryl/α,β-unsaturated/α-hetero) is 1. The van der Waals surface area contributed by atoms with E-state index < -0.39 is 29.8 Å². The number of carbonyl (C=O) groups excluding carboxylic acids is 1. The van der Waals surface area contributed by atoms with E-state index in [0.717, 1.165) is 6.42 Å². The predicted molar refractivity (Wildman–Crippen MR) is 97.6 cm³/mol. The van der Waals surface area contributed by atoms with Crippen molar-refractivity contribution >= 4 is 22.7 Å². The Labute approximate surface area is 151 Å². The summed E-state index contributed by atoms with van der Waals surface area (Å²) in [5.74, 6) is -0.164. The molecule has 0 saturated carbocycles. The van der Waals surface area contributed by atoms with Crippen molar-refractivity contribution in [2.75, 3.05) is 6.54 Å². The van der Waals surface area contributed by atoms with Crippen molar-refractivity contribution in [3.05, 3.63) is 35.9 Å². The summed E-state index contributed by atoms with van der Waals surface area (Å²) in [4.78, 5) is 16.8. The highest BCUT2D eigenvalue weighted by molar-refractivity contribution is 8.14. The minimum atomic E-state index is -1.22. The van der Waals surface area contributed by atoms with E-state index in [1.807, 2.05) is 37.3 Å². The quantitative estimate of drug-likeness (QED) is 0.700. The Morgan fingerprint density at radius 2 is 2.04 bits per heavy atom. The molecule has 1 aromatic carbocycles. The number of amidine groups is 1. The number of hydrogen-bond acceptors (Lipinski definition) is 6. The van der Waals surface area contributed by atoms with Crippen molar-refractivity contribution < 1.29 is 19.7 Å². The first-order chi connectivity index (χ1) is 12.1. The Kier molecular flexibility index (Phi) is 6.11. The number of ether oxygens (including phenoxy) is 1. The van der Waals surface area contributed by atoms with Crippen LogP contribution >= 0.6 is 11.8 Å². The number of carbonyl (C=O) groups is 1. The zero-order valence-electron chi connectivity index (χ0n) is 14.2. The molecule has 2 heterocycles. The van der Waals surface area contributed by atoms with Crippen molar-refractivity contribution in [1.82, 2.24) is 5.32 Å². The summed E-state index contributed by atoms with van der Waals surface area (Å²) in [5, 5.41) is 24.4. The SMILES string of the molecule is CCN=C1NC2C(OC(C(=O)CCCc3ccccc3)C(O)C2O)S1. The molecule has 7 heteroatoms. The number of aliphatic hydroxyl groups excluding tert-OH is 2. The molecule has 2 aliphatic rings. The molecule has 2 saturated heterocycles. The van der Waals surface area contributed by atoms with Gasteiger partial charge < -0.3 is 20.3 Å². The Hall–Kier alpha value is -1.41. The second kappa shape index (κ2) is 8.31. The molecule has 5 unspecified atom stereocenters. The van der Waals surface area contributed by atoms with Gasteiger partial charge in [-0.05, 0) is 25.3 Å². The molecule has 1 aromatic rings. The number of rotatable bonds is 6. The van der Waals surface area contributed by atoms with Gasteiger partial charge in [0.05, 0.1) is 6.04 Å². The number of nitrogens with zero attached hydrogens (tertiary/aromatic N) is 1. The van der Waals surface area contributed by atoms with E-state index in [2.05, 4.69) is 10.3 Å². The maximum absolute atomic E-state index is 12.5. The highest BCUT2D eigenvalue weighted by Gasteiger charge is 2.50. The lowest BCUT2D eigenvalue weighted by Crippen LogP contribution is -2.60. The first-order valence-electron chi connectivity index (χ1n) is 8.66. The molecule has 2 aliphatic heterocycles. The molecular formula is C18H24N2O4S. The lowest BCUT2D eigenvalue weighted by Gasteiger charge is -2.38. The molecule has 5 atom stereocenters. The smallest absolute Gasteiger partial charge is 0.164 e. The molecule has 25 heavy (non-hydrogen) atoms. The average molecular weight is 364 g/mol. The van der Waals surface area contributed by atoms with Crippen LogP contribution in [0, 0.1) is 0 Å². The van der Waals surface area contributed by atoms with Gasteiger partial charge in [0.25, 0.3) is 0 Å². The third-order valence-corrected chi connectivity index (χ3v) is 5.58. The first kappa shape index (κ1) is 18.4. The lowest BCUT2D eigenvalue weighted by molar-refractivity contribution is -0.171. The van der Waals surface area contributed by atoms with Gasteiger partial charge in [-0.2, -0.15) is 0 Å². The van der Waals surface area contributed by atoms with Crippen LogP contribution in [-0.4, -0.2) is 57.5 Å². The van der Waals surface area contributed by atoms with Crippen molar-refractivity contribution in [3.63, 3.8) is 0 Å². The van der Waals surface area contributed by atoms with Crippen LogP contribution in [0.1, 0.15) is 25.3 Å². The summed E-state index contributed by atoms with van der Waals surface area (Å²) in [6.07, 6.45) is -1.46. The van der Waals surface area contributed by atoms with Crippen LogP contribution in [0.4, 0.5) is 0 Å². The van der Waals surface area contributed by atoms with Crippen LogP contribution < -0.4 is 5.32 Å². The Morgan fingerprint density at radius 1 is 1.28 bits per heavy atom. The normalized spacial score (nSPS) is 33.1. The minimum Gasteiger partial charge on any atom is -0.388 e. The van der Waals surface area contributed by atoms with E-state index in [1.54, 1.807) is 0 Å². The summed E-state index contributed by atoms with van der Waals surface area (Å²) in [7, 11) is 0. The number of aliphatic hydroxyl groups is 2. The van der Waals surface area contributed by atoms with Gasteiger partial charge >= 0.3 is 0 Å². The molecule has 136 valence electrons. The third kappa shape index (κ3) is 4.23. The molecule has 0 aromatic heterocycles. The van der Waals surface area contributed by atoms with E-state index in [-0.39, 0.29) is 5.78 Å². The summed E-state index contributed by atoms with van der Waals surface area (Å²) >= 11 is 1.36. The summed E-state index contributed by atoms with van der Waals surface area (Å²) in [6.45, 7) is 2.54. The van der Waals surface area contributed by atoms with Crippen molar-refractivity contribution in [2.24, 2.45) is 4.99 Å². The number of hydrogen-bond donors (Lipinski definition) is 3. The number of ketones is 1. The molecular weight excluding hydrogens is 340 g/mol. The number of fused-ring (bicyclic) bond motifs is 1. The first-order valence-corrected chi connectivity index (χ1v) is 9.54. The van der Waals surface area contributed by atoms with Crippen LogP contribution in [0.3, 0.4) is 0 Å². The van der Waals surface area contributed by atoms with Crippen molar-refractivity contribution in [2.45, 2.75) is 56.0 Å². The second-order valence-electron chi connectivity index (χ2n) is 6.28. The van der Waals surface area contributed by atoms with E-state index in [0.29, 0.717) is 24.6 Å². The van der Waals surface area contributed by atoms with E-state index in [9.17, 15) is 15.0 Å². The number of nitrogens with one attached hydrogen (secondary N) is 1. The van der Waals surface area contributed by atoms with E-state index in [4.69, 9.17) is 4.74 Å². The molecule has 3 N–H and O–H groups in total. The van der Waals surface area contributed by atoms with Gasteiger partial charge in [-0.25, -0.2) is 0 Å². The zero-order valence-corrected chi connectivity index (χ0v) is 15.0. The molecule has 0 spiro atoms. The van der Waals surface area contributed by atoms with Gasteiger partial charge in [0.2, 0.25) is 0 Å². The van der Waals surface area contributed by atoms with Gasteiger partial charge in [-0.15, -0.1) is 0 Å². The van der Waals surface area contributed by atoms with Crippen LogP contribution in [0.5, 0.6) is 0 Å². The maximum atomic E-state index is 12.5. The molecule has 2 fully saturated rings. The van der Waals surface area contributed by atoms with Crippen LogP contribution in [0.15, 0.2) is 35.3 Å². The number of aliphatic imine (C=N–C) groups is 1. The highest BCUT2D eigenvalue weighted by Crippen LogP contribution is 2.34. The Bertz CT molecular complexity index is 625. The third-order valence-electron chi connectivity index (χ3n) is 4.47. The highest BCUT2D eigenvalue weighted by atomic mass is 32.2. The Balaban J connectivity index is 1.56. The van der Waals surface area contributed by atoms with Crippen LogP contribution in [0.2, 0.25) is 0 Å². The molecule has 0 bridgehead atoms. The van der Waals surface area contributed by atoms with E-state index in [1.165, 1.54) is 17.3 Å². The van der Waals surface area contributed by atoms with Crippen LogP contribution in [-0.2, 0) is 16.0 Å². The molecule has 0 radical (unpaired) electrons. The zero-order chi connectivity index (χ0) is 17.8. The average Bonchev–Trinajstić information content (AvgIpc) is 3.02. The molecule has 0 amide bonds. The largest absolute Gasteiger partial charge is 0.388 e. The van der Waals surface area contributed by atoms with Gasteiger partial charge in [0, 0.05) is 13.0 Å². The summed E-state index contributed by atoms with van der Waals surface area (Å²) < 4.78 is 5.79. The molecule has 6 nitrogen and oxygen atoms in total. The van der Waals surface area contributed by atoms with Gasteiger partial charge in [0.15, 0.2) is 11.0 Å². The predicted octanol–water partition coefficient (Wildman–Crippen LogP) is 1.11. The standard InChI is InChI=1S/C18H24N2O4S/c1-2-19-18-20-13-14(22)15(23)16(24-17(13)25-18)12(21)10-6-9-11-7-4-3-5-8-11/h3-5,7-8,13-17,22-23H,2,6,9-10H2,1H3,(H,19,20). The number of benzene rings is 1. The fraction of sp³-hybridized carbons (Fsp3) is 0.556. The van der Waals surface area contributed by atoms with Gasteiger partial charge in [-0.1, -0.05) is 42.1 Å². The summed E-state index contributed by atoms with van der Waals surface area (Å²) in [5.41, 5.74) is 0.767. The Morgan fingerprint density at radius 3 is 2.76 bits per heavy atom. The number of thioether (sulfide) groups is 1. The maximum Gasteiger partial charge on any atom is 0.164 e. The minimum absolute atomic E-state index is 0.164. The van der Waals surface area contributed by atoms with E-state index >= 15 is 0 Å². The van der Waals surface area contributed by atoms with Crippen molar-refractivity contribution in [3.8, 4) is 0 Å². The molecule has 3 rings (SSSR count). The van der Waals surface area contributed by atoms with Gasteiger partial charge in [0.1, 0.15) is 23.7 Å². The number of aryl methyl sites for hydroxylation is 1. The lowest BCUT2D eigenvalue weighted by atomic mass is 9.93. The monoisotopic (exact) mass is 364 g/mol. The molecule has 0 aliphatic carbocycles. The topological polar surface area (TPSA) is 91.2 Å². The fourth-order valence-electron chi connectivity index (χ4n) is 3.15. The fourth-order valence-corrected chi connectivity index (χ4v) is 4.33. The van der Waals surface area contributed by atoms with Gasteiger partial charge in [-0.3, -0.25) is 9.79 Å². The van der Waals surface area contributed by atoms with Crippen molar-refractivity contribution in [1.29, 1.82) is 0 Å². The van der Waals surface area contributed by atoms with Crippen LogP contribution in [0.25, 0.3) is 0 Å². The summed E-state index contributed by atoms with van der Waals surface area (Å²) in [6, 6.07) is 9.52. The second-order valence-corrected chi connectivity index (χ2v) is 7.37.